The van der Waals surface area contributed by atoms with Gasteiger partial charge in [0, 0.05) is 19.0 Å². The molecule has 0 saturated heterocycles. The minimum absolute atomic E-state index is 0.580. The third-order valence-corrected chi connectivity index (χ3v) is 5.55. The predicted octanol–water partition coefficient (Wildman–Crippen LogP) is 2.91. The van der Waals surface area contributed by atoms with Gasteiger partial charge in [-0.15, -0.1) is 25.5 Å². The first-order chi connectivity index (χ1) is 12.8. The van der Waals surface area contributed by atoms with Crippen LogP contribution in [0.3, 0.4) is 0 Å². The van der Waals surface area contributed by atoms with E-state index >= 15 is 0 Å². The van der Waals surface area contributed by atoms with E-state index in [9.17, 15) is 0 Å². The predicted molar refractivity (Wildman–Crippen MR) is 102 cm³/mol. The van der Waals surface area contributed by atoms with E-state index in [1.165, 1.54) is 25.7 Å². The maximum absolute atomic E-state index is 4.52. The number of thioether (sulfide) groups is 1. The first-order valence-electron chi connectivity index (χ1n) is 9.17. The highest BCUT2D eigenvalue weighted by Crippen LogP contribution is 2.33. The number of rotatable bonds is 7. The van der Waals surface area contributed by atoms with Crippen molar-refractivity contribution in [1.82, 2.24) is 34.6 Å². The van der Waals surface area contributed by atoms with E-state index in [1.54, 1.807) is 16.3 Å². The molecule has 3 aromatic heterocycles. The van der Waals surface area contributed by atoms with Gasteiger partial charge in [0.15, 0.2) is 16.6 Å². The molecular weight excluding hydrogens is 348 g/mol. The molecule has 26 heavy (non-hydrogen) atoms. The molecular formula is C17H24N8S. The Labute approximate surface area is 156 Å². The molecule has 4 rings (SSSR count). The molecule has 1 saturated carbocycles. The van der Waals surface area contributed by atoms with Crippen LogP contribution >= 0.6 is 11.8 Å². The first-order valence-corrected chi connectivity index (χ1v) is 10.4. The summed E-state index contributed by atoms with van der Waals surface area (Å²) in [7, 11) is 0. The molecule has 9 heteroatoms. The van der Waals surface area contributed by atoms with Crippen LogP contribution in [0.2, 0.25) is 0 Å². The Kier molecular flexibility index (Phi) is 5.05. The Balaban J connectivity index is 1.37. The second kappa shape index (κ2) is 7.61. The molecule has 1 N–H and O–H groups in total. The van der Waals surface area contributed by atoms with Gasteiger partial charge >= 0.3 is 0 Å². The molecule has 3 aromatic rings. The largest absolute Gasteiger partial charge is 0.369 e. The molecule has 1 fully saturated rings. The number of nitrogens with one attached hydrogen (secondary N) is 1. The standard InChI is InChI=1S/C17H24N8S/c1-12-19-21-16-10-9-14(23-25(12)16)18-11-5-8-15-20-22-17(26-2)24(15)13-6-3-4-7-13/h9-10,13H,3-8,11H2,1-2H3,(H,18,23). The van der Waals surface area contributed by atoms with E-state index < -0.39 is 0 Å². The van der Waals surface area contributed by atoms with Gasteiger partial charge in [-0.05, 0) is 44.6 Å². The Morgan fingerprint density at radius 2 is 2.00 bits per heavy atom. The van der Waals surface area contributed by atoms with Gasteiger partial charge < -0.3 is 9.88 Å². The van der Waals surface area contributed by atoms with Gasteiger partial charge in [-0.3, -0.25) is 0 Å². The number of hydrogen-bond acceptors (Lipinski definition) is 7. The van der Waals surface area contributed by atoms with Crippen molar-refractivity contribution in [2.24, 2.45) is 0 Å². The monoisotopic (exact) mass is 372 g/mol. The summed E-state index contributed by atoms with van der Waals surface area (Å²) in [5.41, 5.74) is 0.766. The zero-order valence-corrected chi connectivity index (χ0v) is 16.0. The molecule has 0 bridgehead atoms. The summed E-state index contributed by atoms with van der Waals surface area (Å²) in [6, 6.07) is 4.45. The maximum Gasteiger partial charge on any atom is 0.191 e. The van der Waals surface area contributed by atoms with Crippen molar-refractivity contribution in [3.63, 3.8) is 0 Å². The molecule has 0 aliphatic heterocycles. The lowest BCUT2D eigenvalue weighted by atomic mass is 10.2. The van der Waals surface area contributed by atoms with Gasteiger partial charge in [0.1, 0.15) is 11.6 Å². The Bertz CT molecular complexity index is 880. The van der Waals surface area contributed by atoms with Crippen LogP contribution < -0.4 is 5.32 Å². The molecule has 138 valence electrons. The fourth-order valence-electron chi connectivity index (χ4n) is 3.60. The van der Waals surface area contributed by atoms with Gasteiger partial charge in [0.05, 0.1) is 0 Å². The second-order valence-electron chi connectivity index (χ2n) is 6.68. The van der Waals surface area contributed by atoms with Gasteiger partial charge in [0.25, 0.3) is 0 Å². The number of aromatic nitrogens is 7. The summed E-state index contributed by atoms with van der Waals surface area (Å²) in [5, 5.41) is 25.9. The highest BCUT2D eigenvalue weighted by molar-refractivity contribution is 7.98. The Morgan fingerprint density at radius 3 is 2.81 bits per heavy atom. The van der Waals surface area contributed by atoms with Gasteiger partial charge in [-0.2, -0.15) is 4.52 Å². The molecule has 3 heterocycles. The van der Waals surface area contributed by atoms with Crippen molar-refractivity contribution in [3.05, 3.63) is 23.8 Å². The summed E-state index contributed by atoms with van der Waals surface area (Å²) in [6.07, 6.45) is 9.11. The number of anilines is 1. The zero-order chi connectivity index (χ0) is 17.9. The van der Waals surface area contributed by atoms with Crippen LogP contribution in [-0.4, -0.2) is 47.4 Å². The third-order valence-electron chi connectivity index (χ3n) is 4.91. The highest BCUT2D eigenvalue weighted by atomic mass is 32.2. The lowest BCUT2D eigenvalue weighted by Gasteiger charge is -2.16. The Hall–Kier alpha value is -2.16. The number of hydrogen-bond donors (Lipinski definition) is 1. The number of fused-ring (bicyclic) bond motifs is 1. The topological polar surface area (TPSA) is 85.8 Å². The van der Waals surface area contributed by atoms with Crippen LogP contribution in [0.4, 0.5) is 5.82 Å². The first kappa shape index (κ1) is 17.3. The molecule has 0 atom stereocenters. The van der Waals surface area contributed by atoms with Gasteiger partial charge in [-0.1, -0.05) is 24.6 Å². The van der Waals surface area contributed by atoms with Crippen molar-refractivity contribution in [3.8, 4) is 0 Å². The van der Waals surface area contributed by atoms with Crippen LogP contribution in [0, 0.1) is 6.92 Å². The Morgan fingerprint density at radius 1 is 1.15 bits per heavy atom. The van der Waals surface area contributed by atoms with Crippen LogP contribution in [0.5, 0.6) is 0 Å². The fourth-order valence-corrected chi connectivity index (χ4v) is 4.17. The van der Waals surface area contributed by atoms with E-state index in [2.05, 4.69) is 41.6 Å². The molecule has 8 nitrogen and oxygen atoms in total. The molecule has 0 unspecified atom stereocenters. The van der Waals surface area contributed by atoms with Crippen molar-refractivity contribution in [2.75, 3.05) is 18.1 Å². The van der Waals surface area contributed by atoms with E-state index in [-0.39, 0.29) is 0 Å². The molecule has 1 aliphatic rings. The minimum atomic E-state index is 0.580. The summed E-state index contributed by atoms with van der Waals surface area (Å²) in [4.78, 5) is 0. The lowest BCUT2D eigenvalue weighted by molar-refractivity contribution is 0.461. The van der Waals surface area contributed by atoms with Gasteiger partial charge in [-0.25, -0.2) is 0 Å². The average Bonchev–Trinajstić information content (AvgIpc) is 3.39. The quantitative estimate of drug-likeness (QED) is 0.504. The van der Waals surface area contributed by atoms with Crippen molar-refractivity contribution < 1.29 is 0 Å². The summed E-state index contributed by atoms with van der Waals surface area (Å²) in [5.74, 6) is 2.74. The van der Waals surface area contributed by atoms with E-state index in [0.29, 0.717) is 6.04 Å². The third kappa shape index (κ3) is 3.40. The smallest absolute Gasteiger partial charge is 0.191 e. The zero-order valence-electron chi connectivity index (χ0n) is 15.2. The molecule has 1 aliphatic carbocycles. The van der Waals surface area contributed by atoms with Crippen LogP contribution in [0.25, 0.3) is 5.65 Å². The fraction of sp³-hybridized carbons (Fsp3) is 0.588. The second-order valence-corrected chi connectivity index (χ2v) is 7.45. The van der Waals surface area contributed by atoms with Crippen LogP contribution in [0.15, 0.2) is 17.3 Å². The maximum atomic E-state index is 4.52. The van der Waals surface area contributed by atoms with E-state index in [0.717, 1.165) is 47.7 Å². The number of aryl methyl sites for hydroxylation is 2. The molecule has 0 aromatic carbocycles. The molecule has 0 amide bonds. The lowest BCUT2D eigenvalue weighted by Crippen LogP contribution is -2.12. The van der Waals surface area contributed by atoms with Crippen molar-refractivity contribution in [2.45, 2.75) is 56.6 Å². The van der Waals surface area contributed by atoms with Gasteiger partial charge in [0.2, 0.25) is 0 Å². The normalized spacial score (nSPS) is 15.2. The van der Waals surface area contributed by atoms with E-state index in [4.69, 9.17) is 0 Å². The highest BCUT2D eigenvalue weighted by Gasteiger charge is 2.23. The van der Waals surface area contributed by atoms with Crippen LogP contribution in [-0.2, 0) is 6.42 Å². The molecule has 0 spiro atoms. The van der Waals surface area contributed by atoms with Crippen LogP contribution in [0.1, 0.15) is 49.8 Å². The SMILES string of the molecule is CSc1nnc(CCCNc2ccc3nnc(C)n3n2)n1C1CCCC1. The average molecular weight is 373 g/mol. The van der Waals surface area contributed by atoms with Crippen molar-refractivity contribution in [1.29, 1.82) is 0 Å². The van der Waals surface area contributed by atoms with Crippen molar-refractivity contribution >= 4 is 23.2 Å². The minimum Gasteiger partial charge on any atom is -0.369 e. The summed E-state index contributed by atoms with van der Waals surface area (Å²) in [6.45, 7) is 2.74. The summed E-state index contributed by atoms with van der Waals surface area (Å²) < 4.78 is 4.13. The summed E-state index contributed by atoms with van der Waals surface area (Å²) >= 11 is 1.69. The number of nitrogens with zero attached hydrogens (tertiary/aromatic N) is 7. The van der Waals surface area contributed by atoms with E-state index in [1.807, 2.05) is 19.1 Å². The molecule has 0 radical (unpaired) electrons.